The van der Waals surface area contributed by atoms with E-state index in [1.807, 2.05) is 11.3 Å². The van der Waals surface area contributed by atoms with Crippen LogP contribution in [0.5, 0.6) is 0 Å². The van der Waals surface area contributed by atoms with Crippen molar-refractivity contribution in [1.82, 2.24) is 5.32 Å². The Bertz CT molecular complexity index is 836. The van der Waals surface area contributed by atoms with Gasteiger partial charge in [0.2, 0.25) is 5.91 Å². The van der Waals surface area contributed by atoms with E-state index in [9.17, 15) is 4.79 Å². The van der Waals surface area contributed by atoms with Gasteiger partial charge in [0.1, 0.15) is 0 Å². The van der Waals surface area contributed by atoms with E-state index in [4.69, 9.17) is 0 Å². The smallest absolute Gasteiger partial charge is 0.216 e. The van der Waals surface area contributed by atoms with Gasteiger partial charge in [-0.25, -0.2) is 0 Å². The number of amides is 1. The lowest BCUT2D eigenvalue weighted by Crippen LogP contribution is -2.22. The third kappa shape index (κ3) is 3.85. The van der Waals surface area contributed by atoms with Crippen LogP contribution in [0.1, 0.15) is 35.4 Å². The zero-order valence-corrected chi connectivity index (χ0v) is 15.1. The average Bonchev–Trinajstić information content (AvgIpc) is 2.92. The van der Waals surface area contributed by atoms with Crippen molar-refractivity contribution >= 4 is 27.3 Å². The van der Waals surface area contributed by atoms with E-state index in [2.05, 4.69) is 60.8 Å². The molecule has 1 aromatic heterocycles. The van der Waals surface area contributed by atoms with Crippen molar-refractivity contribution in [1.29, 1.82) is 0 Å². The molecule has 0 aliphatic heterocycles. The van der Waals surface area contributed by atoms with Gasteiger partial charge in [-0.15, -0.1) is 11.3 Å². The first-order valence-corrected chi connectivity index (χ1v) is 9.30. The van der Waals surface area contributed by atoms with Crippen molar-refractivity contribution in [2.45, 2.75) is 33.1 Å². The summed E-state index contributed by atoms with van der Waals surface area (Å²) in [6.45, 7) is 4.46. The average molecular weight is 337 g/mol. The summed E-state index contributed by atoms with van der Waals surface area (Å²) in [6.07, 6.45) is 2.89. The van der Waals surface area contributed by atoms with Gasteiger partial charge in [-0.05, 0) is 41.0 Å². The molecule has 0 spiro atoms. The summed E-state index contributed by atoms with van der Waals surface area (Å²) in [5.74, 6) is 0.0355. The lowest BCUT2D eigenvalue weighted by atomic mass is 10.0. The van der Waals surface area contributed by atoms with Crippen LogP contribution in [-0.4, -0.2) is 12.5 Å². The quantitative estimate of drug-likeness (QED) is 0.692. The molecule has 1 N–H and O–H groups in total. The van der Waals surface area contributed by atoms with Crippen LogP contribution in [0, 0.1) is 0 Å². The number of rotatable bonds is 6. The summed E-state index contributed by atoms with van der Waals surface area (Å²) in [5.41, 5.74) is 4.09. The summed E-state index contributed by atoms with van der Waals surface area (Å²) >= 11 is 1.88. The summed E-state index contributed by atoms with van der Waals surface area (Å²) in [6, 6.07) is 17.4. The second kappa shape index (κ2) is 7.63. The Morgan fingerprint density at radius 3 is 2.58 bits per heavy atom. The topological polar surface area (TPSA) is 29.1 Å². The van der Waals surface area contributed by atoms with Crippen LogP contribution < -0.4 is 5.32 Å². The maximum absolute atomic E-state index is 11.2. The normalized spacial score (nSPS) is 10.9. The Morgan fingerprint density at radius 2 is 1.88 bits per heavy atom. The monoisotopic (exact) mass is 337 g/mol. The third-order valence-electron chi connectivity index (χ3n) is 4.30. The minimum absolute atomic E-state index is 0.0355. The molecule has 2 aromatic carbocycles. The number of thiophene rings is 1. The van der Waals surface area contributed by atoms with Crippen LogP contribution in [0.4, 0.5) is 0 Å². The van der Waals surface area contributed by atoms with Gasteiger partial charge in [0.15, 0.2) is 0 Å². The molecule has 0 unspecified atom stereocenters. The highest BCUT2D eigenvalue weighted by atomic mass is 32.1. The number of aryl methyl sites for hydroxylation is 1. The van der Waals surface area contributed by atoms with Gasteiger partial charge in [-0.2, -0.15) is 0 Å². The first kappa shape index (κ1) is 16.7. The molecule has 0 bridgehead atoms. The lowest BCUT2D eigenvalue weighted by molar-refractivity contribution is -0.118. The Kier molecular flexibility index (Phi) is 5.31. The molecule has 1 amide bonds. The van der Waals surface area contributed by atoms with Gasteiger partial charge in [0.05, 0.1) is 0 Å². The molecule has 124 valence electrons. The molecular weight excluding hydrogens is 314 g/mol. The van der Waals surface area contributed by atoms with Crippen molar-refractivity contribution in [3.8, 4) is 0 Å². The molecule has 0 radical (unpaired) electrons. The van der Waals surface area contributed by atoms with E-state index in [-0.39, 0.29) is 5.91 Å². The zero-order valence-electron chi connectivity index (χ0n) is 14.3. The Morgan fingerprint density at radius 1 is 1.08 bits per heavy atom. The molecule has 3 rings (SSSR count). The fourth-order valence-corrected chi connectivity index (χ4v) is 4.30. The highest BCUT2D eigenvalue weighted by Gasteiger charge is 2.13. The van der Waals surface area contributed by atoms with Gasteiger partial charge in [-0.3, -0.25) is 4.79 Å². The van der Waals surface area contributed by atoms with Gasteiger partial charge in [-0.1, -0.05) is 49.4 Å². The molecule has 3 heteroatoms. The number of carbonyl (C=O) groups is 1. The summed E-state index contributed by atoms with van der Waals surface area (Å²) < 4.78 is 1.34. The molecule has 0 saturated carbocycles. The summed E-state index contributed by atoms with van der Waals surface area (Å²) in [7, 11) is 0. The molecule has 24 heavy (non-hydrogen) atoms. The predicted octanol–water partition coefficient (Wildman–Crippen LogP) is 4.73. The standard InChI is InChI=1S/C21H23NOS/c1-3-16-9-10-20-19(13-16)18(11-12-22-15(2)23)21(24-20)14-17-7-5-4-6-8-17/h4-10,13H,3,11-12,14H2,1-2H3,(H,22,23). The van der Waals surface area contributed by atoms with E-state index in [1.54, 1.807) is 6.92 Å². The maximum Gasteiger partial charge on any atom is 0.216 e. The van der Waals surface area contributed by atoms with E-state index in [1.165, 1.54) is 31.7 Å². The van der Waals surface area contributed by atoms with E-state index < -0.39 is 0 Å². The van der Waals surface area contributed by atoms with Gasteiger partial charge >= 0.3 is 0 Å². The molecular formula is C21H23NOS. The van der Waals surface area contributed by atoms with Crippen molar-refractivity contribution < 1.29 is 4.79 Å². The van der Waals surface area contributed by atoms with Crippen molar-refractivity contribution in [2.75, 3.05) is 6.54 Å². The Balaban J connectivity index is 1.97. The number of hydrogen-bond donors (Lipinski definition) is 1. The van der Waals surface area contributed by atoms with Crippen LogP contribution >= 0.6 is 11.3 Å². The zero-order chi connectivity index (χ0) is 16.9. The third-order valence-corrected chi connectivity index (χ3v) is 5.52. The fourth-order valence-electron chi connectivity index (χ4n) is 3.03. The molecule has 3 aromatic rings. The second-order valence-electron chi connectivity index (χ2n) is 6.08. The molecule has 1 heterocycles. The first-order valence-electron chi connectivity index (χ1n) is 8.49. The van der Waals surface area contributed by atoms with Crippen LogP contribution in [0.3, 0.4) is 0 Å². The van der Waals surface area contributed by atoms with Crippen LogP contribution in [0.2, 0.25) is 0 Å². The SMILES string of the molecule is CCc1ccc2sc(Cc3ccccc3)c(CCNC(C)=O)c2c1. The minimum atomic E-state index is 0.0355. The summed E-state index contributed by atoms with van der Waals surface area (Å²) in [5, 5.41) is 4.29. The van der Waals surface area contributed by atoms with Crippen LogP contribution in [0.15, 0.2) is 48.5 Å². The Labute approximate surface area is 147 Å². The molecule has 0 aliphatic rings. The Hall–Kier alpha value is -2.13. The minimum Gasteiger partial charge on any atom is -0.356 e. The van der Waals surface area contributed by atoms with Gasteiger partial charge < -0.3 is 5.32 Å². The predicted molar refractivity (Wildman–Crippen MR) is 103 cm³/mol. The number of benzene rings is 2. The maximum atomic E-state index is 11.2. The van der Waals surface area contributed by atoms with E-state index in [0.717, 1.165) is 19.3 Å². The number of nitrogens with one attached hydrogen (secondary N) is 1. The van der Waals surface area contributed by atoms with Crippen LogP contribution in [0.25, 0.3) is 10.1 Å². The number of hydrogen-bond acceptors (Lipinski definition) is 2. The van der Waals surface area contributed by atoms with Crippen molar-refractivity contribution in [2.24, 2.45) is 0 Å². The second-order valence-corrected chi connectivity index (χ2v) is 7.22. The molecule has 0 saturated heterocycles. The molecule has 0 atom stereocenters. The highest BCUT2D eigenvalue weighted by molar-refractivity contribution is 7.19. The summed E-state index contributed by atoms with van der Waals surface area (Å²) in [4.78, 5) is 12.6. The largest absolute Gasteiger partial charge is 0.356 e. The fraction of sp³-hybridized carbons (Fsp3) is 0.286. The molecule has 0 fully saturated rings. The number of fused-ring (bicyclic) bond motifs is 1. The highest BCUT2D eigenvalue weighted by Crippen LogP contribution is 2.34. The molecule has 2 nitrogen and oxygen atoms in total. The van der Waals surface area contributed by atoms with Gasteiger partial charge in [0, 0.05) is 29.5 Å². The first-order chi connectivity index (χ1) is 11.7. The van der Waals surface area contributed by atoms with E-state index >= 15 is 0 Å². The van der Waals surface area contributed by atoms with Gasteiger partial charge in [0.25, 0.3) is 0 Å². The van der Waals surface area contributed by atoms with Crippen LogP contribution in [-0.2, 0) is 24.1 Å². The van der Waals surface area contributed by atoms with E-state index in [0.29, 0.717) is 6.54 Å². The number of carbonyl (C=O) groups excluding carboxylic acids is 1. The lowest BCUT2D eigenvalue weighted by Gasteiger charge is -2.07. The molecule has 0 aliphatic carbocycles. The van der Waals surface area contributed by atoms with Crippen molar-refractivity contribution in [3.63, 3.8) is 0 Å². The van der Waals surface area contributed by atoms with Crippen molar-refractivity contribution in [3.05, 3.63) is 70.1 Å².